The molecule has 0 saturated carbocycles. The van der Waals surface area contributed by atoms with Gasteiger partial charge in [-0.1, -0.05) is 129 Å². The molecule has 0 fully saturated rings. The Hall–Kier alpha value is -5.62. The van der Waals surface area contributed by atoms with Gasteiger partial charge in [-0.15, -0.1) is 5.73 Å². The maximum atomic E-state index is 6.52. The molecule has 0 radical (unpaired) electrons. The molecule has 1 nitrogen and oxygen atoms in total. The Morgan fingerprint density at radius 2 is 1.00 bits per heavy atom. The van der Waals surface area contributed by atoms with Crippen molar-refractivity contribution in [3.8, 4) is 33.4 Å². The third-order valence-corrected chi connectivity index (χ3v) is 10.3. The second-order valence-electron chi connectivity index (χ2n) is 12.9. The highest BCUT2D eigenvalue weighted by Crippen LogP contribution is 2.55. The average molecular weight is 573 g/mol. The van der Waals surface area contributed by atoms with Gasteiger partial charge in [-0.05, 0) is 77.8 Å². The van der Waals surface area contributed by atoms with Crippen LogP contribution >= 0.6 is 0 Å². The topological polar surface area (TPSA) is 13.1 Å². The van der Waals surface area contributed by atoms with Crippen LogP contribution in [0.5, 0.6) is 0 Å². The summed E-state index contributed by atoms with van der Waals surface area (Å²) in [5.41, 5.74) is 15.6. The first-order chi connectivity index (χ1) is 22.1. The molecule has 1 aromatic heterocycles. The first-order valence-corrected chi connectivity index (χ1v) is 15.7. The third-order valence-electron chi connectivity index (χ3n) is 10.3. The smallest absolute Gasteiger partial charge is 0.143 e. The Balaban J connectivity index is 1.36. The Kier molecular flexibility index (Phi) is 4.81. The lowest BCUT2D eigenvalue weighted by atomic mass is 9.79. The minimum absolute atomic E-state index is 0.103. The van der Waals surface area contributed by atoms with Gasteiger partial charge < -0.3 is 4.42 Å². The van der Waals surface area contributed by atoms with Crippen LogP contribution in [0.4, 0.5) is 0 Å². The monoisotopic (exact) mass is 572 g/mol. The molecule has 0 atom stereocenters. The summed E-state index contributed by atoms with van der Waals surface area (Å²) in [7, 11) is 0. The lowest BCUT2D eigenvalue weighted by Gasteiger charge is -2.24. The Morgan fingerprint density at radius 3 is 1.69 bits per heavy atom. The zero-order valence-corrected chi connectivity index (χ0v) is 25.1. The fraction of sp³-hybridized carbons (Fsp3) is 0.0682. The molecule has 0 saturated heterocycles. The van der Waals surface area contributed by atoms with Crippen LogP contribution in [0.3, 0.4) is 0 Å². The normalized spacial score (nSPS) is 14.1. The fourth-order valence-electron chi connectivity index (χ4n) is 8.28. The molecule has 0 amide bonds. The van der Waals surface area contributed by atoms with Gasteiger partial charge in [0.05, 0.1) is 0 Å². The molecule has 1 heteroatoms. The summed E-state index contributed by atoms with van der Waals surface area (Å²) in [5, 5.41) is 8.70. The van der Waals surface area contributed by atoms with Crippen LogP contribution in [-0.2, 0) is 5.41 Å². The van der Waals surface area contributed by atoms with Crippen LogP contribution in [-0.4, -0.2) is 0 Å². The molecule has 8 aromatic rings. The predicted octanol–water partition coefficient (Wildman–Crippen LogP) is 12.2. The molecule has 0 spiro atoms. The Morgan fingerprint density at radius 1 is 0.467 bits per heavy atom. The molecule has 0 N–H and O–H groups in total. The number of rotatable bonds is 2. The van der Waals surface area contributed by atoms with Crippen molar-refractivity contribution < 1.29 is 4.42 Å². The number of hydrogen-bond donors (Lipinski definition) is 0. The van der Waals surface area contributed by atoms with E-state index >= 15 is 0 Å². The molecule has 45 heavy (non-hydrogen) atoms. The van der Waals surface area contributed by atoms with E-state index < -0.39 is 0 Å². The highest BCUT2D eigenvalue weighted by molar-refractivity contribution is 6.26. The van der Waals surface area contributed by atoms with Crippen LogP contribution in [0.15, 0.2) is 131 Å². The molecule has 0 unspecified atom stereocenters. The predicted molar refractivity (Wildman–Crippen MR) is 190 cm³/mol. The van der Waals surface area contributed by atoms with Crippen LogP contribution in [0.25, 0.3) is 88.8 Å². The third kappa shape index (κ3) is 3.18. The summed E-state index contributed by atoms with van der Waals surface area (Å²) in [5.74, 6) is 0.885. The van der Waals surface area contributed by atoms with Gasteiger partial charge in [0.15, 0.2) is 0 Å². The highest BCUT2D eigenvalue weighted by atomic mass is 16.3. The highest BCUT2D eigenvalue weighted by Gasteiger charge is 2.37. The van der Waals surface area contributed by atoms with Crippen molar-refractivity contribution in [1.29, 1.82) is 0 Å². The van der Waals surface area contributed by atoms with Crippen molar-refractivity contribution >= 4 is 55.4 Å². The van der Waals surface area contributed by atoms with Gasteiger partial charge in [0.1, 0.15) is 11.3 Å². The van der Waals surface area contributed by atoms with E-state index in [1.165, 1.54) is 71.3 Å². The van der Waals surface area contributed by atoms with Gasteiger partial charge in [0.2, 0.25) is 0 Å². The Labute approximate surface area is 261 Å². The van der Waals surface area contributed by atoms with Crippen LogP contribution in [0.2, 0.25) is 0 Å². The van der Waals surface area contributed by atoms with Crippen molar-refractivity contribution in [2.45, 2.75) is 19.3 Å². The van der Waals surface area contributed by atoms with E-state index in [4.69, 9.17) is 4.42 Å². The average Bonchev–Trinajstić information content (AvgIpc) is 3.75. The van der Waals surface area contributed by atoms with Crippen molar-refractivity contribution in [2.75, 3.05) is 0 Å². The van der Waals surface area contributed by atoms with E-state index in [1.807, 2.05) is 12.2 Å². The van der Waals surface area contributed by atoms with Crippen molar-refractivity contribution in [1.82, 2.24) is 0 Å². The molecule has 210 valence electrons. The van der Waals surface area contributed by atoms with E-state index in [9.17, 15) is 0 Å². The molecule has 0 aliphatic heterocycles. The molecule has 2 aliphatic carbocycles. The zero-order valence-electron chi connectivity index (χ0n) is 25.1. The number of fused-ring (bicyclic) bond motifs is 10. The first kappa shape index (κ1) is 24.8. The van der Waals surface area contributed by atoms with Gasteiger partial charge in [-0.2, -0.15) is 0 Å². The Bertz CT molecular complexity index is 2600. The fourth-order valence-corrected chi connectivity index (χ4v) is 8.28. The first-order valence-electron chi connectivity index (χ1n) is 15.7. The van der Waals surface area contributed by atoms with Crippen molar-refractivity contribution in [3.63, 3.8) is 0 Å². The maximum absolute atomic E-state index is 6.52. The van der Waals surface area contributed by atoms with Gasteiger partial charge in [-0.3, -0.25) is 0 Å². The molecule has 10 rings (SSSR count). The van der Waals surface area contributed by atoms with E-state index in [2.05, 4.69) is 141 Å². The summed E-state index contributed by atoms with van der Waals surface area (Å²) < 4.78 is 6.52. The summed E-state index contributed by atoms with van der Waals surface area (Å²) in [6.07, 6.45) is 3.97. The molecule has 0 bridgehead atoms. The van der Waals surface area contributed by atoms with E-state index in [-0.39, 0.29) is 5.41 Å². The van der Waals surface area contributed by atoms with E-state index in [1.54, 1.807) is 0 Å². The number of para-hydroxylation sites is 1. The zero-order chi connectivity index (χ0) is 29.9. The van der Waals surface area contributed by atoms with Crippen molar-refractivity contribution in [3.05, 3.63) is 150 Å². The molecule has 7 aromatic carbocycles. The van der Waals surface area contributed by atoms with Crippen LogP contribution in [0, 0.1) is 0 Å². The van der Waals surface area contributed by atoms with Gasteiger partial charge in [0, 0.05) is 33.6 Å². The lowest BCUT2D eigenvalue weighted by molar-refractivity contribution is 0.605. The number of hydrogen-bond acceptors (Lipinski definition) is 1. The maximum Gasteiger partial charge on any atom is 0.143 e. The van der Waals surface area contributed by atoms with Crippen LogP contribution in [0.1, 0.15) is 36.3 Å². The van der Waals surface area contributed by atoms with Gasteiger partial charge >= 0.3 is 0 Å². The number of benzene rings is 7. The summed E-state index contributed by atoms with van der Waals surface area (Å²) in [6, 6.07) is 44.8. The standard InChI is InChI=1S/C44H28O/c1-44(2)37-23-10-9-19-34(37)42-28-14-4-3-13-26(28)36(25-38(42)44)41-31-17-7-5-15-29(31)40(30-16-6-8-18-32(30)41)35-22-11-21-33-27-20-12-24-39(27)45-43(33)35/h3-11,13-25H,1-2H3. The minimum Gasteiger partial charge on any atom is -0.455 e. The second-order valence-corrected chi connectivity index (χ2v) is 12.9. The quantitative estimate of drug-likeness (QED) is 0.148. The van der Waals surface area contributed by atoms with Crippen LogP contribution < -0.4 is 0 Å². The van der Waals surface area contributed by atoms with Gasteiger partial charge in [0.25, 0.3) is 0 Å². The lowest BCUT2D eigenvalue weighted by Crippen LogP contribution is -2.15. The van der Waals surface area contributed by atoms with Gasteiger partial charge in [-0.25, -0.2) is 0 Å². The summed E-state index contributed by atoms with van der Waals surface area (Å²) in [4.78, 5) is 0. The van der Waals surface area contributed by atoms with E-state index in [0.717, 1.165) is 27.9 Å². The largest absolute Gasteiger partial charge is 0.455 e. The molecule has 1 heterocycles. The molecule has 2 aliphatic rings. The molecular weight excluding hydrogens is 544 g/mol. The SMILES string of the molecule is CC1(C)c2ccccc2-c2c1cc(-c1c3ccccc3c(-c3cccc4c5c(oc34)C=C=C5)c3ccccc13)c1ccccc21. The summed E-state index contributed by atoms with van der Waals surface area (Å²) in [6.45, 7) is 4.75. The van der Waals surface area contributed by atoms with Crippen molar-refractivity contribution in [2.24, 2.45) is 0 Å². The minimum atomic E-state index is -0.103. The van der Waals surface area contributed by atoms with E-state index in [0.29, 0.717) is 0 Å². The second kappa shape index (κ2) is 8.73. The number of furan rings is 1. The molecular formula is C44H28O. The summed E-state index contributed by atoms with van der Waals surface area (Å²) >= 11 is 0.